The standard InChI is InChI=1S/C13H8O.Na.H/c14-13-11-7-3-1-5-9(11)10-6-2-4-8-12(10)13;;/h1-8H;;/q;+1;-1. The van der Waals surface area contributed by atoms with Crippen molar-refractivity contribution in [2.24, 2.45) is 0 Å². The molecule has 0 fully saturated rings. The molecule has 0 saturated heterocycles. The molecule has 0 N–H and O–H groups in total. The first-order valence-electron chi connectivity index (χ1n) is 4.61. The van der Waals surface area contributed by atoms with Gasteiger partial charge in [-0.05, 0) is 11.1 Å². The Balaban J connectivity index is 0.000000640. The Morgan fingerprint density at radius 2 is 1.00 bits per heavy atom. The van der Waals surface area contributed by atoms with Crippen LogP contribution in [-0.4, -0.2) is 5.78 Å². The van der Waals surface area contributed by atoms with Crippen LogP contribution in [0.2, 0.25) is 0 Å². The fourth-order valence-corrected chi connectivity index (χ4v) is 1.98. The van der Waals surface area contributed by atoms with E-state index in [1.807, 2.05) is 48.5 Å². The predicted molar refractivity (Wildman–Crippen MR) is 56.4 cm³/mol. The van der Waals surface area contributed by atoms with Crippen LogP contribution in [0.5, 0.6) is 0 Å². The summed E-state index contributed by atoms with van der Waals surface area (Å²) >= 11 is 0. The molecule has 0 bridgehead atoms. The zero-order chi connectivity index (χ0) is 9.54. The minimum Gasteiger partial charge on any atom is -1.00 e. The summed E-state index contributed by atoms with van der Waals surface area (Å²) in [4.78, 5) is 11.9. The molecule has 3 rings (SSSR count). The summed E-state index contributed by atoms with van der Waals surface area (Å²) in [5.74, 6) is 0.149. The van der Waals surface area contributed by atoms with E-state index in [0.717, 1.165) is 22.3 Å². The number of carbonyl (C=O) groups is 1. The third kappa shape index (κ3) is 1.48. The average Bonchev–Trinajstić information content (AvgIpc) is 2.55. The summed E-state index contributed by atoms with van der Waals surface area (Å²) in [6, 6.07) is 15.5. The van der Waals surface area contributed by atoms with Gasteiger partial charge in [0, 0.05) is 11.1 Å². The molecule has 2 heteroatoms. The fraction of sp³-hybridized carbons (Fsp3) is 0. The summed E-state index contributed by atoms with van der Waals surface area (Å²) < 4.78 is 0. The second-order valence-electron chi connectivity index (χ2n) is 3.42. The molecular weight excluding hydrogens is 195 g/mol. The van der Waals surface area contributed by atoms with Gasteiger partial charge in [0.25, 0.3) is 0 Å². The van der Waals surface area contributed by atoms with E-state index in [9.17, 15) is 4.79 Å². The zero-order valence-corrected chi connectivity index (χ0v) is 10.5. The Kier molecular flexibility index (Phi) is 2.79. The quantitative estimate of drug-likeness (QED) is 0.472. The smallest absolute Gasteiger partial charge is 1.00 e. The van der Waals surface area contributed by atoms with Gasteiger partial charge >= 0.3 is 29.6 Å². The van der Waals surface area contributed by atoms with Crippen molar-refractivity contribution in [3.8, 4) is 11.1 Å². The number of hydrogen-bond donors (Lipinski definition) is 0. The first kappa shape index (κ1) is 10.6. The molecule has 0 aliphatic heterocycles. The Labute approximate surface area is 112 Å². The Bertz CT molecular complexity index is 489. The molecule has 0 saturated carbocycles. The van der Waals surface area contributed by atoms with E-state index in [1.165, 1.54) is 0 Å². The van der Waals surface area contributed by atoms with Crippen LogP contribution in [0.25, 0.3) is 11.1 Å². The molecule has 1 aliphatic carbocycles. The molecule has 2 aromatic carbocycles. The van der Waals surface area contributed by atoms with E-state index in [0.29, 0.717) is 0 Å². The molecule has 2 aromatic rings. The molecule has 0 unspecified atom stereocenters. The van der Waals surface area contributed by atoms with Gasteiger partial charge in [-0.1, -0.05) is 48.5 Å². The number of rotatable bonds is 0. The second-order valence-corrected chi connectivity index (χ2v) is 3.42. The van der Waals surface area contributed by atoms with Gasteiger partial charge in [-0.15, -0.1) is 0 Å². The zero-order valence-electron chi connectivity index (χ0n) is 9.53. The van der Waals surface area contributed by atoms with Crippen molar-refractivity contribution in [2.45, 2.75) is 0 Å². The summed E-state index contributed by atoms with van der Waals surface area (Å²) in [5, 5.41) is 0. The van der Waals surface area contributed by atoms with Crippen LogP contribution in [0.15, 0.2) is 48.5 Å². The molecule has 0 radical (unpaired) electrons. The van der Waals surface area contributed by atoms with Crippen molar-refractivity contribution in [2.75, 3.05) is 0 Å². The van der Waals surface area contributed by atoms with Gasteiger partial charge in [0.05, 0.1) is 0 Å². The van der Waals surface area contributed by atoms with E-state index in [-0.39, 0.29) is 36.8 Å². The number of benzene rings is 2. The fourth-order valence-electron chi connectivity index (χ4n) is 1.98. The van der Waals surface area contributed by atoms with Crippen LogP contribution in [0.3, 0.4) is 0 Å². The third-order valence-electron chi connectivity index (χ3n) is 2.63. The maximum Gasteiger partial charge on any atom is 1.00 e. The van der Waals surface area contributed by atoms with Gasteiger partial charge in [-0.25, -0.2) is 0 Å². The molecule has 0 aromatic heterocycles. The molecule has 0 atom stereocenters. The first-order valence-corrected chi connectivity index (χ1v) is 4.61. The molecule has 68 valence electrons. The monoisotopic (exact) mass is 204 g/mol. The number of fused-ring (bicyclic) bond motifs is 3. The SMILES string of the molecule is O=C1c2ccccc2-c2ccccc21.[H-].[Na+]. The normalized spacial score (nSPS) is 11.6. The molecule has 1 nitrogen and oxygen atoms in total. The topological polar surface area (TPSA) is 17.1 Å². The third-order valence-corrected chi connectivity index (χ3v) is 2.63. The van der Waals surface area contributed by atoms with Crippen LogP contribution < -0.4 is 29.6 Å². The van der Waals surface area contributed by atoms with E-state index in [1.54, 1.807) is 0 Å². The average molecular weight is 204 g/mol. The summed E-state index contributed by atoms with van der Waals surface area (Å²) in [7, 11) is 0. The second kappa shape index (κ2) is 3.93. The maximum atomic E-state index is 11.9. The molecular formula is C13H9NaO. The van der Waals surface area contributed by atoms with Crippen molar-refractivity contribution in [3.63, 3.8) is 0 Å². The van der Waals surface area contributed by atoms with Gasteiger partial charge in [0.15, 0.2) is 5.78 Å². The van der Waals surface area contributed by atoms with Crippen LogP contribution in [0, 0.1) is 0 Å². The molecule has 0 heterocycles. The number of carbonyl (C=O) groups excluding carboxylic acids is 1. The van der Waals surface area contributed by atoms with Crippen LogP contribution in [-0.2, 0) is 0 Å². The van der Waals surface area contributed by atoms with E-state index < -0.39 is 0 Å². The number of ketones is 1. The van der Waals surface area contributed by atoms with Crippen LogP contribution >= 0.6 is 0 Å². The Morgan fingerprint density at radius 1 is 0.667 bits per heavy atom. The van der Waals surface area contributed by atoms with Crippen molar-refractivity contribution in [1.29, 1.82) is 0 Å². The van der Waals surface area contributed by atoms with Crippen LogP contribution in [0.1, 0.15) is 17.3 Å². The molecule has 15 heavy (non-hydrogen) atoms. The Hall–Kier alpha value is -0.890. The van der Waals surface area contributed by atoms with Crippen molar-refractivity contribution in [3.05, 3.63) is 59.7 Å². The van der Waals surface area contributed by atoms with E-state index in [4.69, 9.17) is 0 Å². The largest absolute Gasteiger partial charge is 1.00 e. The molecule has 0 spiro atoms. The van der Waals surface area contributed by atoms with Gasteiger partial charge < -0.3 is 1.43 Å². The molecule has 1 aliphatic rings. The van der Waals surface area contributed by atoms with Gasteiger partial charge in [0.2, 0.25) is 0 Å². The van der Waals surface area contributed by atoms with Gasteiger partial charge in [0.1, 0.15) is 0 Å². The van der Waals surface area contributed by atoms with E-state index >= 15 is 0 Å². The van der Waals surface area contributed by atoms with Crippen molar-refractivity contribution >= 4 is 5.78 Å². The van der Waals surface area contributed by atoms with Gasteiger partial charge in [-0.2, -0.15) is 0 Å². The summed E-state index contributed by atoms with van der Waals surface area (Å²) in [6.07, 6.45) is 0. The number of hydrogen-bond acceptors (Lipinski definition) is 1. The Morgan fingerprint density at radius 3 is 1.40 bits per heavy atom. The van der Waals surface area contributed by atoms with Crippen molar-refractivity contribution in [1.82, 2.24) is 0 Å². The molecule has 0 amide bonds. The summed E-state index contributed by atoms with van der Waals surface area (Å²) in [6.45, 7) is 0. The summed E-state index contributed by atoms with van der Waals surface area (Å²) in [5.41, 5.74) is 3.78. The minimum atomic E-state index is 0. The minimum absolute atomic E-state index is 0. The van der Waals surface area contributed by atoms with E-state index in [2.05, 4.69) is 0 Å². The first-order chi connectivity index (χ1) is 6.88. The van der Waals surface area contributed by atoms with Crippen LogP contribution in [0.4, 0.5) is 0 Å². The van der Waals surface area contributed by atoms with Gasteiger partial charge in [-0.3, -0.25) is 4.79 Å². The van der Waals surface area contributed by atoms with Crippen molar-refractivity contribution < 1.29 is 35.8 Å². The maximum absolute atomic E-state index is 11.9. The predicted octanol–water partition coefficient (Wildman–Crippen LogP) is 0.0145.